The minimum Gasteiger partial charge on any atom is -0.263 e. The molecule has 1 aromatic heterocycles. The number of halogens is 1. The lowest BCUT2D eigenvalue weighted by atomic mass is 10.1. The van der Waals surface area contributed by atoms with Gasteiger partial charge in [-0.05, 0) is 25.3 Å². The largest absolute Gasteiger partial charge is 0.263 e. The third kappa shape index (κ3) is 4.26. The van der Waals surface area contributed by atoms with Gasteiger partial charge >= 0.3 is 0 Å². The van der Waals surface area contributed by atoms with Gasteiger partial charge < -0.3 is 0 Å². The van der Waals surface area contributed by atoms with Crippen LogP contribution in [0.3, 0.4) is 0 Å². The Kier molecular flexibility index (Phi) is 4.91. The zero-order chi connectivity index (χ0) is 13.1. The van der Waals surface area contributed by atoms with Crippen molar-refractivity contribution in [2.75, 3.05) is 0 Å². The van der Waals surface area contributed by atoms with Gasteiger partial charge in [0.25, 0.3) is 0 Å². The fourth-order valence-electron chi connectivity index (χ4n) is 1.64. The van der Waals surface area contributed by atoms with Gasteiger partial charge in [0.05, 0.1) is 5.02 Å². The van der Waals surface area contributed by atoms with E-state index in [2.05, 4.69) is 9.71 Å². The highest BCUT2D eigenvalue weighted by atomic mass is 35.5. The maximum absolute atomic E-state index is 12.0. The molecule has 1 atom stereocenters. The van der Waals surface area contributed by atoms with Gasteiger partial charge in [0.1, 0.15) is 4.90 Å². The van der Waals surface area contributed by atoms with Crippen LogP contribution < -0.4 is 4.72 Å². The van der Waals surface area contributed by atoms with E-state index in [9.17, 15) is 8.42 Å². The second-order valence-corrected chi connectivity index (χ2v) is 6.55. The number of pyridine rings is 1. The molecule has 0 aliphatic rings. The normalized spacial score (nSPS) is 13.9. The summed E-state index contributed by atoms with van der Waals surface area (Å²) >= 11 is 5.84. The molecule has 1 heterocycles. The van der Waals surface area contributed by atoms with Crippen LogP contribution in [0.1, 0.15) is 27.2 Å². The molecule has 1 N–H and O–H groups in total. The van der Waals surface area contributed by atoms with E-state index in [1.54, 1.807) is 0 Å². The fraction of sp³-hybridized carbons (Fsp3) is 0.545. The first-order valence-corrected chi connectivity index (χ1v) is 7.31. The number of sulfonamides is 1. The lowest BCUT2D eigenvalue weighted by Crippen LogP contribution is -2.33. The van der Waals surface area contributed by atoms with E-state index < -0.39 is 10.0 Å². The molecular formula is C11H17ClN2O2S. The summed E-state index contributed by atoms with van der Waals surface area (Å²) in [6, 6.07) is 1.33. The number of hydrogen-bond acceptors (Lipinski definition) is 3. The Bertz CT molecular complexity index is 474. The van der Waals surface area contributed by atoms with Crippen molar-refractivity contribution in [2.24, 2.45) is 5.92 Å². The minimum absolute atomic E-state index is 0.0253. The fourth-order valence-corrected chi connectivity index (χ4v) is 3.33. The third-order valence-corrected chi connectivity index (χ3v) is 4.26. The molecule has 0 aliphatic heterocycles. The van der Waals surface area contributed by atoms with Crippen molar-refractivity contribution in [2.45, 2.75) is 38.1 Å². The van der Waals surface area contributed by atoms with Gasteiger partial charge in [-0.25, -0.2) is 13.1 Å². The van der Waals surface area contributed by atoms with Crippen LogP contribution >= 0.6 is 11.6 Å². The van der Waals surface area contributed by atoms with Gasteiger partial charge in [-0.2, -0.15) is 0 Å². The van der Waals surface area contributed by atoms with Crippen molar-refractivity contribution in [3.63, 3.8) is 0 Å². The van der Waals surface area contributed by atoms with E-state index in [4.69, 9.17) is 11.6 Å². The molecule has 0 spiro atoms. The summed E-state index contributed by atoms with van der Waals surface area (Å²) in [7, 11) is -3.58. The van der Waals surface area contributed by atoms with Gasteiger partial charge in [0.2, 0.25) is 10.0 Å². The average molecular weight is 277 g/mol. The van der Waals surface area contributed by atoms with E-state index in [1.165, 1.54) is 18.5 Å². The third-order valence-electron chi connectivity index (χ3n) is 2.20. The molecule has 0 aliphatic carbocycles. The average Bonchev–Trinajstić information content (AvgIpc) is 2.15. The van der Waals surface area contributed by atoms with E-state index in [1.807, 2.05) is 20.8 Å². The summed E-state index contributed by atoms with van der Waals surface area (Å²) < 4.78 is 26.6. The Morgan fingerprint density at radius 1 is 1.41 bits per heavy atom. The van der Waals surface area contributed by atoms with Gasteiger partial charge in [0.15, 0.2) is 0 Å². The zero-order valence-corrected chi connectivity index (χ0v) is 11.7. The summed E-state index contributed by atoms with van der Waals surface area (Å²) in [5.41, 5.74) is 0. The highest BCUT2D eigenvalue weighted by Crippen LogP contribution is 2.19. The van der Waals surface area contributed by atoms with Crippen molar-refractivity contribution < 1.29 is 8.42 Å². The molecule has 0 saturated heterocycles. The van der Waals surface area contributed by atoms with Crippen molar-refractivity contribution in [3.05, 3.63) is 23.5 Å². The molecule has 17 heavy (non-hydrogen) atoms. The summed E-state index contributed by atoms with van der Waals surface area (Å²) in [6.45, 7) is 5.92. The Labute approximate surface area is 107 Å². The van der Waals surface area contributed by atoms with Crippen LogP contribution in [0.2, 0.25) is 5.02 Å². The number of rotatable bonds is 5. The maximum Gasteiger partial charge on any atom is 0.243 e. The Morgan fingerprint density at radius 3 is 2.59 bits per heavy atom. The summed E-state index contributed by atoms with van der Waals surface area (Å²) in [6.07, 6.45) is 3.49. The second kappa shape index (κ2) is 5.80. The lowest BCUT2D eigenvalue weighted by molar-refractivity contribution is 0.482. The van der Waals surface area contributed by atoms with Crippen LogP contribution in [0.25, 0.3) is 0 Å². The molecule has 96 valence electrons. The van der Waals surface area contributed by atoms with Gasteiger partial charge in [0, 0.05) is 18.4 Å². The van der Waals surface area contributed by atoms with Crippen LogP contribution in [0, 0.1) is 5.92 Å². The minimum atomic E-state index is -3.58. The van der Waals surface area contributed by atoms with E-state index >= 15 is 0 Å². The van der Waals surface area contributed by atoms with E-state index in [0.717, 1.165) is 6.42 Å². The number of nitrogens with one attached hydrogen (secondary N) is 1. The predicted molar refractivity (Wildman–Crippen MR) is 68.5 cm³/mol. The quantitative estimate of drug-likeness (QED) is 0.899. The van der Waals surface area contributed by atoms with Gasteiger partial charge in [-0.3, -0.25) is 4.98 Å². The van der Waals surface area contributed by atoms with Gasteiger partial charge in [-0.15, -0.1) is 0 Å². The van der Waals surface area contributed by atoms with E-state index in [-0.39, 0.29) is 16.0 Å². The summed E-state index contributed by atoms with van der Waals surface area (Å²) in [5, 5.41) is 0.184. The molecule has 0 amide bonds. The Balaban J connectivity index is 2.86. The van der Waals surface area contributed by atoms with Crippen LogP contribution in [-0.2, 0) is 10.0 Å². The Hall–Kier alpha value is -0.650. The van der Waals surface area contributed by atoms with Crippen molar-refractivity contribution in [1.82, 2.24) is 9.71 Å². The van der Waals surface area contributed by atoms with E-state index in [0.29, 0.717) is 5.92 Å². The monoisotopic (exact) mass is 276 g/mol. The molecule has 1 aromatic rings. The number of aromatic nitrogens is 1. The number of hydrogen-bond donors (Lipinski definition) is 1. The summed E-state index contributed by atoms with van der Waals surface area (Å²) in [5.74, 6) is 0.428. The molecule has 0 radical (unpaired) electrons. The second-order valence-electron chi connectivity index (χ2n) is 4.46. The van der Waals surface area contributed by atoms with Gasteiger partial charge in [-0.1, -0.05) is 25.4 Å². The molecule has 1 unspecified atom stereocenters. The molecular weight excluding hydrogens is 260 g/mol. The van der Waals surface area contributed by atoms with Crippen LogP contribution in [0.15, 0.2) is 23.4 Å². The molecule has 0 bridgehead atoms. The first-order valence-electron chi connectivity index (χ1n) is 5.44. The SMILES string of the molecule is CC(C)CC(C)NS(=O)(=O)c1cnccc1Cl. The standard InChI is InChI=1S/C11H17ClN2O2S/c1-8(2)6-9(3)14-17(15,16)11-7-13-5-4-10(11)12/h4-5,7-9,14H,6H2,1-3H3. The van der Waals surface area contributed by atoms with Crippen LogP contribution in [-0.4, -0.2) is 19.4 Å². The zero-order valence-electron chi connectivity index (χ0n) is 10.1. The lowest BCUT2D eigenvalue weighted by Gasteiger charge is -2.16. The molecule has 0 saturated carbocycles. The van der Waals surface area contributed by atoms with Crippen molar-refractivity contribution in [3.8, 4) is 0 Å². The highest BCUT2D eigenvalue weighted by molar-refractivity contribution is 7.89. The first-order chi connectivity index (χ1) is 7.83. The molecule has 4 nitrogen and oxygen atoms in total. The van der Waals surface area contributed by atoms with Crippen molar-refractivity contribution in [1.29, 1.82) is 0 Å². The molecule has 6 heteroatoms. The first kappa shape index (κ1) is 14.4. The predicted octanol–water partition coefficient (Wildman–Crippen LogP) is 2.45. The number of nitrogens with zero attached hydrogens (tertiary/aromatic N) is 1. The maximum atomic E-state index is 12.0. The summed E-state index contributed by atoms with van der Waals surface area (Å²) in [4.78, 5) is 3.80. The van der Waals surface area contributed by atoms with Crippen molar-refractivity contribution >= 4 is 21.6 Å². The highest BCUT2D eigenvalue weighted by Gasteiger charge is 2.20. The molecule has 0 aromatic carbocycles. The smallest absolute Gasteiger partial charge is 0.243 e. The van der Waals surface area contributed by atoms with Crippen LogP contribution in [0.5, 0.6) is 0 Å². The topological polar surface area (TPSA) is 59.1 Å². The molecule has 0 fully saturated rings. The molecule has 1 rings (SSSR count). The Morgan fingerprint density at radius 2 is 2.06 bits per heavy atom. The van der Waals surface area contributed by atoms with Crippen LogP contribution in [0.4, 0.5) is 0 Å².